The second-order valence-corrected chi connectivity index (χ2v) is 4.61. The van der Waals surface area contributed by atoms with Gasteiger partial charge in [0.15, 0.2) is 5.82 Å². The number of tetrazole rings is 1. The molecule has 0 amide bonds. The molecule has 1 heterocycles. The summed E-state index contributed by atoms with van der Waals surface area (Å²) in [5, 5.41) is 20.7. The average Bonchev–Trinajstić information content (AvgIpc) is 2.80. The summed E-state index contributed by atoms with van der Waals surface area (Å²) in [6.07, 6.45) is 0.494. The van der Waals surface area contributed by atoms with E-state index >= 15 is 0 Å². The molecule has 6 nitrogen and oxygen atoms in total. The van der Waals surface area contributed by atoms with Crippen LogP contribution in [0.25, 0.3) is 11.4 Å². The Balaban J connectivity index is 2.24. The van der Waals surface area contributed by atoms with Crippen molar-refractivity contribution in [1.82, 2.24) is 20.2 Å². The van der Waals surface area contributed by atoms with E-state index in [9.17, 15) is 4.79 Å². The van der Waals surface area contributed by atoms with Crippen LogP contribution in [0.1, 0.15) is 12.8 Å². The molecule has 0 saturated carbocycles. The largest absolute Gasteiger partial charge is 0.481 e. The van der Waals surface area contributed by atoms with Crippen LogP contribution in [-0.4, -0.2) is 31.3 Å². The van der Waals surface area contributed by atoms with Crippen LogP contribution < -0.4 is 0 Å². The van der Waals surface area contributed by atoms with Crippen molar-refractivity contribution >= 4 is 29.2 Å². The fraction of sp³-hybridized carbons (Fsp3) is 0.273. The highest BCUT2D eigenvalue weighted by Crippen LogP contribution is 2.31. The molecule has 2 rings (SSSR count). The van der Waals surface area contributed by atoms with E-state index in [0.29, 0.717) is 34.4 Å². The zero-order valence-corrected chi connectivity index (χ0v) is 11.3. The first-order chi connectivity index (χ1) is 9.09. The highest BCUT2D eigenvalue weighted by atomic mass is 35.5. The predicted octanol–water partition coefficient (Wildman–Crippen LogP) is 2.51. The fourth-order valence-corrected chi connectivity index (χ4v) is 1.99. The number of carboxylic acid groups (broad SMARTS) is 1. The van der Waals surface area contributed by atoms with Crippen LogP contribution in [0.4, 0.5) is 0 Å². The SMILES string of the molecule is O=C(O)CCCn1nnnc1-c1cccc(Cl)c1Cl. The summed E-state index contributed by atoms with van der Waals surface area (Å²) in [7, 11) is 0. The third-order valence-electron chi connectivity index (χ3n) is 2.48. The second kappa shape index (κ2) is 5.99. The number of hydrogen-bond acceptors (Lipinski definition) is 4. The smallest absolute Gasteiger partial charge is 0.303 e. The number of aliphatic carboxylic acids is 1. The van der Waals surface area contributed by atoms with E-state index in [0.717, 1.165) is 0 Å². The van der Waals surface area contributed by atoms with Crippen LogP contribution in [0.5, 0.6) is 0 Å². The molecule has 0 aliphatic heterocycles. The Kier molecular flexibility index (Phi) is 4.34. The molecule has 100 valence electrons. The highest BCUT2D eigenvalue weighted by Gasteiger charge is 2.14. The third-order valence-corrected chi connectivity index (χ3v) is 3.30. The van der Waals surface area contributed by atoms with Gasteiger partial charge in [-0.05, 0) is 29.0 Å². The summed E-state index contributed by atoms with van der Waals surface area (Å²) in [6, 6.07) is 5.18. The van der Waals surface area contributed by atoms with Gasteiger partial charge < -0.3 is 5.11 Å². The first-order valence-electron chi connectivity index (χ1n) is 5.52. The summed E-state index contributed by atoms with van der Waals surface area (Å²) < 4.78 is 1.51. The number of carboxylic acids is 1. The van der Waals surface area contributed by atoms with Gasteiger partial charge in [0, 0.05) is 18.5 Å². The number of rotatable bonds is 5. The Labute approximate surface area is 118 Å². The van der Waals surface area contributed by atoms with Gasteiger partial charge in [0.2, 0.25) is 0 Å². The Morgan fingerprint density at radius 3 is 2.89 bits per heavy atom. The molecule has 0 fully saturated rings. The number of halogens is 2. The lowest BCUT2D eigenvalue weighted by Gasteiger charge is -2.06. The quantitative estimate of drug-likeness (QED) is 0.917. The molecular formula is C11H10Cl2N4O2. The van der Waals surface area contributed by atoms with Crippen LogP contribution in [0.2, 0.25) is 10.0 Å². The lowest BCUT2D eigenvalue weighted by atomic mass is 10.2. The minimum atomic E-state index is -0.851. The van der Waals surface area contributed by atoms with Gasteiger partial charge in [-0.25, -0.2) is 4.68 Å². The molecule has 0 saturated heterocycles. The van der Waals surface area contributed by atoms with Crippen LogP contribution >= 0.6 is 23.2 Å². The van der Waals surface area contributed by atoms with Gasteiger partial charge in [0.1, 0.15) is 0 Å². The van der Waals surface area contributed by atoms with E-state index in [1.807, 2.05) is 0 Å². The lowest BCUT2D eigenvalue weighted by Crippen LogP contribution is -2.05. The third kappa shape index (κ3) is 3.21. The number of hydrogen-bond donors (Lipinski definition) is 1. The molecule has 0 bridgehead atoms. The van der Waals surface area contributed by atoms with Gasteiger partial charge in [-0.2, -0.15) is 0 Å². The lowest BCUT2D eigenvalue weighted by molar-refractivity contribution is -0.137. The average molecular weight is 301 g/mol. The standard InChI is InChI=1S/C11H10Cl2N4O2/c12-8-4-1-3-7(10(8)13)11-14-15-16-17(11)6-2-5-9(18)19/h1,3-4H,2,5-6H2,(H,18,19). The van der Waals surface area contributed by atoms with E-state index in [1.54, 1.807) is 18.2 Å². The highest BCUT2D eigenvalue weighted by molar-refractivity contribution is 6.43. The summed E-state index contributed by atoms with van der Waals surface area (Å²) in [4.78, 5) is 10.5. The molecule has 1 N–H and O–H groups in total. The number of benzene rings is 1. The minimum Gasteiger partial charge on any atom is -0.481 e. The Morgan fingerprint density at radius 1 is 1.37 bits per heavy atom. The van der Waals surface area contributed by atoms with Crippen LogP contribution in [0.3, 0.4) is 0 Å². The van der Waals surface area contributed by atoms with Gasteiger partial charge in [0.25, 0.3) is 0 Å². The molecule has 2 aromatic rings. The van der Waals surface area contributed by atoms with Crippen molar-refractivity contribution < 1.29 is 9.90 Å². The maximum atomic E-state index is 10.5. The Bertz CT molecular complexity index is 600. The number of aromatic nitrogens is 4. The molecule has 1 aromatic carbocycles. The van der Waals surface area contributed by atoms with E-state index in [-0.39, 0.29) is 6.42 Å². The minimum absolute atomic E-state index is 0.0581. The maximum absolute atomic E-state index is 10.5. The molecule has 0 aliphatic carbocycles. The van der Waals surface area contributed by atoms with Crippen molar-refractivity contribution in [2.24, 2.45) is 0 Å². The van der Waals surface area contributed by atoms with Crippen molar-refractivity contribution in [1.29, 1.82) is 0 Å². The topological polar surface area (TPSA) is 80.9 Å². The summed E-state index contributed by atoms with van der Waals surface area (Å²) >= 11 is 12.0. The zero-order chi connectivity index (χ0) is 13.8. The number of carbonyl (C=O) groups is 1. The molecule has 0 atom stereocenters. The predicted molar refractivity (Wildman–Crippen MR) is 70.1 cm³/mol. The number of aryl methyl sites for hydroxylation is 1. The zero-order valence-electron chi connectivity index (χ0n) is 9.75. The van der Waals surface area contributed by atoms with Crippen molar-refractivity contribution in [2.45, 2.75) is 19.4 Å². The summed E-state index contributed by atoms with van der Waals surface area (Å²) in [5.74, 6) is -0.381. The summed E-state index contributed by atoms with van der Waals surface area (Å²) in [6.45, 7) is 0.400. The molecular weight excluding hydrogens is 291 g/mol. The molecule has 0 spiro atoms. The summed E-state index contributed by atoms with van der Waals surface area (Å²) in [5.41, 5.74) is 0.620. The van der Waals surface area contributed by atoms with E-state index in [1.165, 1.54) is 4.68 Å². The van der Waals surface area contributed by atoms with Gasteiger partial charge >= 0.3 is 5.97 Å². The van der Waals surface area contributed by atoms with Crippen molar-refractivity contribution in [3.8, 4) is 11.4 Å². The first kappa shape index (κ1) is 13.8. The van der Waals surface area contributed by atoms with Gasteiger partial charge in [-0.1, -0.05) is 29.3 Å². The maximum Gasteiger partial charge on any atom is 0.303 e. The van der Waals surface area contributed by atoms with Gasteiger partial charge in [0.05, 0.1) is 10.0 Å². The van der Waals surface area contributed by atoms with Crippen LogP contribution in [0, 0.1) is 0 Å². The molecule has 8 heteroatoms. The molecule has 19 heavy (non-hydrogen) atoms. The van der Waals surface area contributed by atoms with Crippen molar-refractivity contribution in [3.05, 3.63) is 28.2 Å². The normalized spacial score (nSPS) is 10.6. The Morgan fingerprint density at radius 2 is 2.16 bits per heavy atom. The van der Waals surface area contributed by atoms with Crippen molar-refractivity contribution in [2.75, 3.05) is 0 Å². The fourth-order valence-electron chi connectivity index (χ4n) is 1.60. The first-order valence-corrected chi connectivity index (χ1v) is 6.27. The molecule has 0 aliphatic rings. The van der Waals surface area contributed by atoms with E-state index < -0.39 is 5.97 Å². The van der Waals surface area contributed by atoms with Crippen molar-refractivity contribution in [3.63, 3.8) is 0 Å². The monoisotopic (exact) mass is 300 g/mol. The van der Waals surface area contributed by atoms with E-state index in [4.69, 9.17) is 28.3 Å². The molecule has 0 unspecified atom stereocenters. The Hall–Kier alpha value is -1.66. The molecule has 0 radical (unpaired) electrons. The van der Waals surface area contributed by atoms with Gasteiger partial charge in [-0.15, -0.1) is 5.10 Å². The molecule has 1 aromatic heterocycles. The van der Waals surface area contributed by atoms with E-state index in [2.05, 4.69) is 15.5 Å². The number of nitrogens with zero attached hydrogens (tertiary/aromatic N) is 4. The second-order valence-electron chi connectivity index (χ2n) is 3.82. The van der Waals surface area contributed by atoms with Gasteiger partial charge in [-0.3, -0.25) is 4.79 Å². The van der Waals surface area contributed by atoms with Crippen LogP contribution in [0.15, 0.2) is 18.2 Å². The van der Waals surface area contributed by atoms with Crippen LogP contribution in [-0.2, 0) is 11.3 Å².